The van der Waals surface area contributed by atoms with Gasteiger partial charge in [0.25, 0.3) is 0 Å². The normalized spacial score (nSPS) is 11.1. The van der Waals surface area contributed by atoms with E-state index < -0.39 is 11.6 Å². The first-order valence-corrected chi connectivity index (χ1v) is 5.97. The first kappa shape index (κ1) is 12.0. The first-order valence-electron chi connectivity index (χ1n) is 5.18. The molecule has 0 atom stereocenters. The van der Waals surface area contributed by atoms with E-state index in [1.54, 1.807) is 0 Å². The van der Waals surface area contributed by atoms with Crippen LogP contribution in [0, 0.1) is 11.6 Å². The maximum atomic E-state index is 14.1. The van der Waals surface area contributed by atoms with Gasteiger partial charge in [-0.2, -0.15) is 4.98 Å². The summed E-state index contributed by atoms with van der Waals surface area (Å²) in [5.41, 5.74) is 5.86. The lowest BCUT2D eigenvalue weighted by atomic mass is 10.1. The minimum atomic E-state index is -0.756. The van der Waals surface area contributed by atoms with Gasteiger partial charge in [0.15, 0.2) is 5.65 Å². The van der Waals surface area contributed by atoms with E-state index >= 15 is 0 Å². The predicted molar refractivity (Wildman–Crippen MR) is 69.1 cm³/mol. The Hall–Kier alpha value is -2.09. The predicted octanol–water partition coefficient (Wildman–Crippen LogP) is 2.64. The van der Waals surface area contributed by atoms with Crippen molar-refractivity contribution < 1.29 is 8.78 Å². The second-order valence-electron chi connectivity index (χ2n) is 3.75. The number of rotatable bonds is 1. The van der Waals surface area contributed by atoms with Crippen molar-refractivity contribution in [2.75, 3.05) is 5.73 Å². The van der Waals surface area contributed by atoms with E-state index in [1.165, 1.54) is 12.4 Å². The van der Waals surface area contributed by atoms with E-state index in [0.29, 0.717) is 5.52 Å². The van der Waals surface area contributed by atoms with Crippen LogP contribution in [0.1, 0.15) is 0 Å². The molecule has 0 bridgehead atoms. The van der Waals surface area contributed by atoms with Crippen LogP contribution >= 0.6 is 15.9 Å². The van der Waals surface area contributed by atoms with Gasteiger partial charge in [0.1, 0.15) is 22.8 Å². The largest absolute Gasteiger partial charge is 0.368 e. The molecule has 3 rings (SSSR count). The summed E-state index contributed by atoms with van der Waals surface area (Å²) in [6.45, 7) is 0. The van der Waals surface area contributed by atoms with Crippen molar-refractivity contribution in [2.45, 2.75) is 0 Å². The number of aromatic amines is 1. The minimum absolute atomic E-state index is 0.0382. The van der Waals surface area contributed by atoms with Crippen molar-refractivity contribution in [1.82, 2.24) is 19.9 Å². The molecule has 96 valence electrons. The van der Waals surface area contributed by atoms with Crippen LogP contribution in [-0.2, 0) is 0 Å². The number of hydrogen-bond donors (Lipinski definition) is 2. The van der Waals surface area contributed by atoms with Crippen molar-refractivity contribution in [3.8, 4) is 11.3 Å². The Labute approximate surface area is 114 Å². The van der Waals surface area contributed by atoms with Gasteiger partial charge in [-0.15, -0.1) is 0 Å². The Balaban J connectivity index is 2.42. The molecule has 3 aromatic rings. The fourth-order valence-electron chi connectivity index (χ4n) is 1.78. The number of nitrogen functional groups attached to an aromatic ring is 1. The number of fused-ring (bicyclic) bond motifs is 1. The molecule has 8 heteroatoms. The van der Waals surface area contributed by atoms with Crippen LogP contribution in [0.5, 0.6) is 0 Å². The number of halogens is 3. The molecule has 0 aliphatic rings. The zero-order valence-corrected chi connectivity index (χ0v) is 10.9. The van der Waals surface area contributed by atoms with Crippen molar-refractivity contribution in [3.63, 3.8) is 0 Å². The van der Waals surface area contributed by atoms with Crippen molar-refractivity contribution in [2.24, 2.45) is 0 Å². The summed E-state index contributed by atoms with van der Waals surface area (Å²) in [6.07, 6.45) is 1.36. The van der Waals surface area contributed by atoms with E-state index in [-0.39, 0.29) is 27.3 Å². The topological polar surface area (TPSA) is 80.5 Å². The summed E-state index contributed by atoms with van der Waals surface area (Å²) < 4.78 is 28.1. The number of nitrogens with two attached hydrogens (primary N) is 1. The highest BCUT2D eigenvalue weighted by atomic mass is 79.9. The molecule has 1 aromatic carbocycles. The molecular weight excluding hydrogens is 320 g/mol. The van der Waals surface area contributed by atoms with Crippen molar-refractivity contribution in [1.29, 1.82) is 0 Å². The van der Waals surface area contributed by atoms with E-state index in [4.69, 9.17) is 5.73 Å². The summed E-state index contributed by atoms with van der Waals surface area (Å²) in [5, 5.41) is 0. The van der Waals surface area contributed by atoms with Gasteiger partial charge in [0, 0.05) is 0 Å². The number of nitrogens with zero attached hydrogens (tertiary/aromatic N) is 3. The third kappa shape index (κ3) is 1.84. The molecular formula is C11H6BrF2N5. The van der Waals surface area contributed by atoms with E-state index in [1.807, 2.05) is 0 Å². The molecule has 0 amide bonds. The Morgan fingerprint density at radius 2 is 2.00 bits per heavy atom. The fraction of sp³-hybridized carbons (Fsp3) is 0. The van der Waals surface area contributed by atoms with Gasteiger partial charge in [-0.25, -0.2) is 18.7 Å². The lowest BCUT2D eigenvalue weighted by molar-refractivity contribution is 0.584. The van der Waals surface area contributed by atoms with Gasteiger partial charge >= 0.3 is 0 Å². The van der Waals surface area contributed by atoms with Crippen LogP contribution in [0.3, 0.4) is 0 Å². The van der Waals surface area contributed by atoms with Gasteiger partial charge in [0.05, 0.1) is 16.4 Å². The Morgan fingerprint density at radius 1 is 1.21 bits per heavy atom. The Morgan fingerprint density at radius 3 is 2.79 bits per heavy atom. The fourth-order valence-corrected chi connectivity index (χ4v) is 2.11. The smallest absolute Gasteiger partial charge is 0.222 e. The van der Waals surface area contributed by atoms with Gasteiger partial charge < -0.3 is 10.7 Å². The van der Waals surface area contributed by atoms with Crippen molar-refractivity contribution >= 4 is 33.0 Å². The van der Waals surface area contributed by atoms with E-state index in [0.717, 1.165) is 6.07 Å². The number of hydrogen-bond acceptors (Lipinski definition) is 4. The Kier molecular flexibility index (Phi) is 2.67. The number of nitrogens with one attached hydrogen (secondary N) is 1. The van der Waals surface area contributed by atoms with Crippen LogP contribution in [-0.4, -0.2) is 19.9 Å². The first-order chi connectivity index (χ1) is 9.08. The monoisotopic (exact) mass is 325 g/mol. The van der Waals surface area contributed by atoms with Crippen LogP contribution < -0.4 is 5.73 Å². The highest BCUT2D eigenvalue weighted by Gasteiger charge is 2.20. The van der Waals surface area contributed by atoms with Gasteiger partial charge in [-0.3, -0.25) is 0 Å². The highest BCUT2D eigenvalue weighted by molar-refractivity contribution is 9.10. The maximum Gasteiger partial charge on any atom is 0.222 e. The number of benzene rings is 1. The number of imidazole rings is 1. The molecule has 0 aliphatic carbocycles. The molecule has 0 aliphatic heterocycles. The van der Waals surface area contributed by atoms with Gasteiger partial charge in [-0.1, -0.05) is 0 Å². The summed E-state index contributed by atoms with van der Waals surface area (Å²) in [4.78, 5) is 14.4. The molecule has 19 heavy (non-hydrogen) atoms. The molecule has 2 aromatic heterocycles. The lowest BCUT2D eigenvalue weighted by Crippen LogP contribution is -2.01. The zero-order valence-electron chi connectivity index (χ0n) is 9.28. The van der Waals surface area contributed by atoms with Crippen LogP contribution in [0.25, 0.3) is 22.4 Å². The number of aromatic nitrogens is 4. The second-order valence-corrected chi connectivity index (χ2v) is 4.60. The van der Waals surface area contributed by atoms with E-state index in [9.17, 15) is 8.78 Å². The third-order valence-corrected chi connectivity index (χ3v) is 3.20. The van der Waals surface area contributed by atoms with Crippen LogP contribution in [0.4, 0.5) is 14.7 Å². The number of H-pyrrole nitrogens is 1. The molecule has 2 heterocycles. The average molecular weight is 326 g/mol. The van der Waals surface area contributed by atoms with Gasteiger partial charge in [-0.05, 0) is 28.1 Å². The average Bonchev–Trinajstić information content (AvgIpc) is 2.82. The highest BCUT2D eigenvalue weighted by Crippen LogP contribution is 2.32. The molecule has 0 saturated heterocycles. The maximum absolute atomic E-state index is 14.1. The SMILES string of the molecule is Nc1nc(-c2c(F)ccc(Br)c2F)c2[nH]cnc2n1. The summed E-state index contributed by atoms with van der Waals surface area (Å²) in [5.74, 6) is -1.60. The zero-order chi connectivity index (χ0) is 13.6. The molecule has 0 saturated carbocycles. The lowest BCUT2D eigenvalue weighted by Gasteiger charge is -2.07. The Bertz CT molecular complexity index is 786. The van der Waals surface area contributed by atoms with Crippen LogP contribution in [0.15, 0.2) is 22.9 Å². The molecule has 0 spiro atoms. The third-order valence-electron chi connectivity index (χ3n) is 2.58. The van der Waals surface area contributed by atoms with Crippen LogP contribution in [0.2, 0.25) is 0 Å². The molecule has 0 fully saturated rings. The molecule has 0 unspecified atom stereocenters. The summed E-state index contributed by atoms with van der Waals surface area (Å²) in [7, 11) is 0. The summed E-state index contributed by atoms with van der Waals surface area (Å²) in [6, 6.07) is 2.42. The van der Waals surface area contributed by atoms with Crippen molar-refractivity contribution in [3.05, 3.63) is 34.6 Å². The minimum Gasteiger partial charge on any atom is -0.368 e. The quantitative estimate of drug-likeness (QED) is 0.674. The molecule has 0 radical (unpaired) electrons. The molecule has 5 nitrogen and oxygen atoms in total. The van der Waals surface area contributed by atoms with Gasteiger partial charge in [0.2, 0.25) is 5.95 Å². The van der Waals surface area contributed by atoms with E-state index in [2.05, 4.69) is 35.9 Å². The number of anilines is 1. The molecule has 3 N–H and O–H groups in total. The summed E-state index contributed by atoms with van der Waals surface area (Å²) >= 11 is 3.01. The standard InChI is InChI=1S/C11H6BrF2N5/c12-4-1-2-5(13)6(7(4)14)8-9-10(17-3-16-9)19-11(15)18-8/h1-3H,(H3,15,16,17,18,19). The second kappa shape index (κ2) is 4.23.